The maximum Gasteiger partial charge on any atom is 0.321 e. The summed E-state index contributed by atoms with van der Waals surface area (Å²) >= 11 is 8.52. The second kappa shape index (κ2) is 12.0. The van der Waals surface area contributed by atoms with Gasteiger partial charge in [0, 0.05) is 16.2 Å². The Morgan fingerprint density at radius 3 is 2.42 bits per heavy atom. The molecule has 0 bridgehead atoms. The summed E-state index contributed by atoms with van der Waals surface area (Å²) < 4.78 is 44.2. The predicted molar refractivity (Wildman–Crippen MR) is 141 cm³/mol. The molecule has 3 rings (SSSR count). The second-order valence-corrected chi connectivity index (χ2v) is 10.1. The van der Waals surface area contributed by atoms with E-state index in [-0.39, 0.29) is 34.3 Å². The molecule has 0 aliphatic carbocycles. The molecular formula is C22H22BrN5O6S2. The predicted octanol–water partition coefficient (Wildman–Crippen LogP) is 3.26. The van der Waals surface area contributed by atoms with Crippen molar-refractivity contribution in [3.05, 3.63) is 58.6 Å². The van der Waals surface area contributed by atoms with Crippen molar-refractivity contribution < 1.29 is 27.4 Å². The van der Waals surface area contributed by atoms with Gasteiger partial charge in [0.15, 0.2) is 17.5 Å². The molecule has 3 N–H and O–H groups in total. The highest BCUT2D eigenvalue weighted by atomic mass is 79.9. The number of halogens is 1. The first kappa shape index (κ1) is 27.1. The van der Waals surface area contributed by atoms with Gasteiger partial charge in [-0.3, -0.25) is 14.8 Å². The molecule has 2 aromatic carbocycles. The van der Waals surface area contributed by atoms with Crippen LogP contribution in [0.5, 0.6) is 17.6 Å². The van der Waals surface area contributed by atoms with E-state index in [9.17, 15) is 13.2 Å². The van der Waals surface area contributed by atoms with Gasteiger partial charge in [-0.05, 0) is 67.2 Å². The van der Waals surface area contributed by atoms with Crippen LogP contribution in [0.3, 0.4) is 0 Å². The number of aromatic nitrogens is 2. The number of carbonyl (C=O) groups excluding carboxylic acids is 1. The summed E-state index contributed by atoms with van der Waals surface area (Å²) in [4.78, 5) is 20.0. The van der Waals surface area contributed by atoms with Crippen molar-refractivity contribution >= 4 is 60.7 Å². The van der Waals surface area contributed by atoms with Gasteiger partial charge in [0.2, 0.25) is 5.88 Å². The van der Waals surface area contributed by atoms with Crippen molar-refractivity contribution in [1.82, 2.24) is 15.3 Å². The monoisotopic (exact) mass is 595 g/mol. The number of aryl methyl sites for hydroxylation is 1. The van der Waals surface area contributed by atoms with E-state index >= 15 is 0 Å². The molecule has 1 aromatic heterocycles. The lowest BCUT2D eigenvalue weighted by Crippen LogP contribution is -2.37. The van der Waals surface area contributed by atoms with Crippen molar-refractivity contribution in [3.63, 3.8) is 0 Å². The number of nitrogens with zero attached hydrogens (tertiary/aromatic N) is 2. The van der Waals surface area contributed by atoms with E-state index in [2.05, 4.69) is 41.3 Å². The quantitative estimate of drug-likeness (QED) is 0.315. The van der Waals surface area contributed by atoms with Gasteiger partial charge in [-0.25, -0.2) is 8.42 Å². The summed E-state index contributed by atoms with van der Waals surface area (Å²) in [5, 5.41) is 5.36. The van der Waals surface area contributed by atoms with Crippen LogP contribution in [-0.4, -0.2) is 50.2 Å². The highest BCUT2D eigenvalue weighted by Gasteiger charge is 2.17. The lowest BCUT2D eigenvalue weighted by Gasteiger charge is -2.12. The van der Waals surface area contributed by atoms with Gasteiger partial charge < -0.3 is 19.5 Å². The Morgan fingerprint density at radius 1 is 1.06 bits per heavy atom. The molecule has 0 atom stereocenters. The summed E-state index contributed by atoms with van der Waals surface area (Å²) in [6.45, 7) is 1.64. The van der Waals surface area contributed by atoms with Crippen LogP contribution < -0.4 is 29.6 Å². The third-order valence-corrected chi connectivity index (χ3v) is 6.55. The minimum Gasteiger partial charge on any atom is -0.483 e. The van der Waals surface area contributed by atoms with E-state index < -0.39 is 15.9 Å². The maximum atomic E-state index is 12.7. The van der Waals surface area contributed by atoms with Crippen molar-refractivity contribution in [1.29, 1.82) is 0 Å². The third kappa shape index (κ3) is 7.50. The number of methoxy groups -OCH3 is 2. The van der Waals surface area contributed by atoms with Gasteiger partial charge >= 0.3 is 6.01 Å². The van der Waals surface area contributed by atoms with Gasteiger partial charge in [0.1, 0.15) is 5.75 Å². The Kier molecular flexibility index (Phi) is 9.01. The maximum absolute atomic E-state index is 12.7. The van der Waals surface area contributed by atoms with Gasteiger partial charge in [-0.1, -0.05) is 15.9 Å². The van der Waals surface area contributed by atoms with Crippen LogP contribution in [0.1, 0.15) is 5.56 Å². The number of hydrogen-bond acceptors (Lipinski definition) is 9. The lowest BCUT2D eigenvalue weighted by atomic mass is 10.2. The first-order chi connectivity index (χ1) is 17.1. The summed E-state index contributed by atoms with van der Waals surface area (Å²) in [6, 6.07) is 12.4. The Labute approximate surface area is 221 Å². The normalized spacial score (nSPS) is 10.8. The van der Waals surface area contributed by atoms with Crippen LogP contribution in [0, 0.1) is 6.92 Å². The summed E-state index contributed by atoms with van der Waals surface area (Å²) in [7, 11) is -1.24. The minimum atomic E-state index is -3.97. The van der Waals surface area contributed by atoms with Crippen molar-refractivity contribution in [2.45, 2.75) is 11.8 Å². The number of hydrogen-bond donors (Lipinski definition) is 3. The van der Waals surface area contributed by atoms with E-state index in [1.807, 2.05) is 19.1 Å². The van der Waals surface area contributed by atoms with Crippen LogP contribution in [0.25, 0.3) is 0 Å². The fourth-order valence-electron chi connectivity index (χ4n) is 2.81. The van der Waals surface area contributed by atoms with E-state index in [1.165, 1.54) is 44.6 Å². The smallest absolute Gasteiger partial charge is 0.321 e. The van der Waals surface area contributed by atoms with Crippen molar-refractivity contribution in [2.75, 3.05) is 30.9 Å². The van der Waals surface area contributed by atoms with E-state index in [1.54, 1.807) is 6.07 Å². The van der Waals surface area contributed by atoms with Crippen molar-refractivity contribution in [3.8, 4) is 17.6 Å². The number of benzene rings is 2. The number of carbonyl (C=O) groups is 1. The van der Waals surface area contributed by atoms with Gasteiger partial charge in [-0.15, -0.1) is 0 Å². The van der Waals surface area contributed by atoms with E-state index in [0.717, 1.165) is 10.0 Å². The average Bonchev–Trinajstić information content (AvgIpc) is 2.83. The third-order valence-electron chi connectivity index (χ3n) is 4.48. The standard InChI is InChI=1S/C22H22BrN5O6S2/c1-13-10-14(23)4-9-17(13)34-12-19(29)26-22(35)24-15-5-7-16(8-6-15)36(30,31)28-18-11-20(32-2)27-21(25-18)33-3/h4-11H,12H2,1-3H3,(H,25,27,28)(H2,24,26,29,35). The number of sulfonamides is 1. The highest BCUT2D eigenvalue weighted by Crippen LogP contribution is 2.23. The first-order valence-corrected chi connectivity index (χ1v) is 12.9. The van der Waals surface area contributed by atoms with Crippen molar-refractivity contribution in [2.24, 2.45) is 0 Å². The summed E-state index contributed by atoms with van der Waals surface area (Å²) in [6.07, 6.45) is 0. The van der Waals surface area contributed by atoms with Crippen LogP contribution in [0.4, 0.5) is 11.5 Å². The largest absolute Gasteiger partial charge is 0.483 e. The molecule has 0 aliphatic rings. The number of amides is 1. The zero-order valence-electron chi connectivity index (χ0n) is 19.4. The number of ether oxygens (including phenoxy) is 3. The van der Waals surface area contributed by atoms with Crippen LogP contribution in [0.2, 0.25) is 0 Å². The van der Waals surface area contributed by atoms with Crippen LogP contribution in [-0.2, 0) is 14.8 Å². The fourth-order valence-corrected chi connectivity index (χ4v) is 4.51. The molecule has 0 unspecified atom stereocenters. The number of anilines is 2. The molecule has 11 nitrogen and oxygen atoms in total. The SMILES string of the molecule is COc1cc(NS(=O)(=O)c2ccc(NC(=S)NC(=O)COc3ccc(Br)cc3C)cc2)nc(OC)n1. The summed E-state index contributed by atoms with van der Waals surface area (Å²) in [5.74, 6) is 0.239. The van der Waals surface area contributed by atoms with Gasteiger partial charge in [-0.2, -0.15) is 9.97 Å². The molecular weight excluding hydrogens is 574 g/mol. The zero-order valence-corrected chi connectivity index (χ0v) is 22.6. The Balaban J connectivity index is 1.57. The number of rotatable bonds is 9. The molecule has 0 aliphatic heterocycles. The number of nitrogens with one attached hydrogen (secondary N) is 3. The zero-order chi connectivity index (χ0) is 26.3. The van der Waals surface area contributed by atoms with Crippen LogP contribution >= 0.6 is 28.1 Å². The molecule has 14 heteroatoms. The molecule has 36 heavy (non-hydrogen) atoms. The molecule has 0 radical (unpaired) electrons. The molecule has 0 fully saturated rings. The molecule has 0 saturated heterocycles. The molecule has 1 amide bonds. The van der Waals surface area contributed by atoms with E-state index in [4.69, 9.17) is 26.4 Å². The van der Waals surface area contributed by atoms with Gasteiger partial charge in [0.25, 0.3) is 15.9 Å². The summed E-state index contributed by atoms with van der Waals surface area (Å²) in [5.41, 5.74) is 1.34. The number of thiocarbonyl (C=S) groups is 1. The molecule has 1 heterocycles. The molecule has 190 valence electrons. The molecule has 3 aromatic rings. The first-order valence-electron chi connectivity index (χ1n) is 10.2. The highest BCUT2D eigenvalue weighted by molar-refractivity contribution is 9.10. The second-order valence-electron chi connectivity index (χ2n) is 7.11. The van der Waals surface area contributed by atoms with Crippen LogP contribution in [0.15, 0.2) is 57.9 Å². The van der Waals surface area contributed by atoms with Gasteiger partial charge in [0.05, 0.1) is 19.1 Å². The lowest BCUT2D eigenvalue weighted by molar-refractivity contribution is -0.121. The topological polar surface area (TPSA) is 141 Å². The Hall–Kier alpha value is -3.49. The Bertz CT molecular complexity index is 1350. The molecule has 0 saturated carbocycles. The Morgan fingerprint density at radius 2 is 1.78 bits per heavy atom. The van der Waals surface area contributed by atoms with E-state index in [0.29, 0.717) is 11.4 Å². The minimum absolute atomic E-state index is 0.0228. The fraction of sp³-hybridized carbons (Fsp3) is 0.182. The molecule has 0 spiro atoms. The average molecular weight is 596 g/mol.